The van der Waals surface area contributed by atoms with Gasteiger partial charge in [0.1, 0.15) is 0 Å². The maximum absolute atomic E-state index is 11.1. The lowest BCUT2D eigenvalue weighted by atomic mass is 10.1. The van der Waals surface area contributed by atoms with Crippen molar-refractivity contribution in [3.63, 3.8) is 0 Å². The van der Waals surface area contributed by atoms with Crippen molar-refractivity contribution in [1.29, 1.82) is 0 Å². The first-order valence-corrected chi connectivity index (χ1v) is 4.49. The summed E-state index contributed by atoms with van der Waals surface area (Å²) in [7, 11) is 1.35. The molecule has 0 saturated heterocycles. The van der Waals surface area contributed by atoms with Crippen LogP contribution in [0.15, 0.2) is 16.6 Å². The molecule has 70 valence electrons. The van der Waals surface area contributed by atoms with Gasteiger partial charge in [-0.25, -0.2) is 4.79 Å². The molecule has 0 unspecified atom stereocenters. The van der Waals surface area contributed by atoms with Gasteiger partial charge in [-0.15, -0.1) is 0 Å². The van der Waals surface area contributed by atoms with Crippen LogP contribution in [0.2, 0.25) is 0 Å². The van der Waals surface area contributed by atoms with E-state index in [1.165, 1.54) is 7.11 Å². The molecule has 3 nitrogen and oxygen atoms in total. The van der Waals surface area contributed by atoms with Crippen molar-refractivity contribution in [2.75, 3.05) is 12.8 Å². The molecule has 0 aliphatic carbocycles. The van der Waals surface area contributed by atoms with Gasteiger partial charge in [0.05, 0.1) is 12.7 Å². The predicted molar refractivity (Wildman–Crippen MR) is 54.6 cm³/mol. The van der Waals surface area contributed by atoms with Crippen molar-refractivity contribution in [2.45, 2.75) is 6.92 Å². The van der Waals surface area contributed by atoms with Crippen LogP contribution in [0, 0.1) is 6.92 Å². The molecule has 0 heterocycles. The quantitative estimate of drug-likeness (QED) is 0.608. The van der Waals surface area contributed by atoms with Crippen LogP contribution in [0.4, 0.5) is 5.69 Å². The Balaban J connectivity index is 3.20. The van der Waals surface area contributed by atoms with Crippen molar-refractivity contribution in [1.82, 2.24) is 0 Å². The normalized spacial score (nSPS) is 9.77. The van der Waals surface area contributed by atoms with Crippen LogP contribution in [0.3, 0.4) is 0 Å². The van der Waals surface area contributed by atoms with Crippen LogP contribution in [-0.2, 0) is 4.74 Å². The van der Waals surface area contributed by atoms with Gasteiger partial charge in [0.25, 0.3) is 0 Å². The Morgan fingerprint density at radius 3 is 2.62 bits per heavy atom. The largest absolute Gasteiger partial charge is 0.465 e. The van der Waals surface area contributed by atoms with E-state index in [0.29, 0.717) is 15.7 Å². The molecule has 1 aromatic rings. The molecule has 13 heavy (non-hydrogen) atoms. The van der Waals surface area contributed by atoms with Crippen molar-refractivity contribution in [3.8, 4) is 0 Å². The minimum absolute atomic E-state index is 0.358. The second kappa shape index (κ2) is 3.79. The number of anilines is 1. The molecule has 0 saturated carbocycles. The van der Waals surface area contributed by atoms with E-state index in [4.69, 9.17) is 5.73 Å². The number of carbonyl (C=O) groups excluding carboxylic acids is 1. The number of nitrogens with two attached hydrogens (primary N) is 1. The fourth-order valence-corrected chi connectivity index (χ4v) is 1.55. The number of nitrogen functional groups attached to an aromatic ring is 1. The third-order valence-electron chi connectivity index (χ3n) is 1.76. The molecule has 4 heteroatoms. The molecule has 0 amide bonds. The SMILES string of the molecule is COC(=O)c1cc(C)c(N)c(Br)c1. The molecule has 1 rings (SSSR count). The maximum Gasteiger partial charge on any atom is 0.337 e. The number of carbonyl (C=O) groups is 1. The van der Waals surface area contributed by atoms with Crippen molar-refractivity contribution < 1.29 is 9.53 Å². The smallest absolute Gasteiger partial charge is 0.337 e. The molecule has 0 radical (unpaired) electrons. The van der Waals surface area contributed by atoms with Crippen molar-refractivity contribution >= 4 is 27.6 Å². The lowest BCUT2D eigenvalue weighted by Gasteiger charge is -2.05. The van der Waals surface area contributed by atoms with E-state index in [9.17, 15) is 4.79 Å². The number of benzene rings is 1. The lowest BCUT2D eigenvalue weighted by molar-refractivity contribution is 0.0600. The summed E-state index contributed by atoms with van der Waals surface area (Å²) in [6.07, 6.45) is 0. The second-order valence-corrected chi connectivity index (χ2v) is 3.53. The van der Waals surface area contributed by atoms with Crippen molar-refractivity contribution in [3.05, 3.63) is 27.7 Å². The standard InChI is InChI=1S/C9H10BrNO2/c1-5-3-6(9(12)13-2)4-7(10)8(5)11/h3-4H,11H2,1-2H3. The zero-order valence-electron chi connectivity index (χ0n) is 7.43. The van der Waals surface area contributed by atoms with Gasteiger partial charge in [-0.2, -0.15) is 0 Å². The fraction of sp³-hybridized carbons (Fsp3) is 0.222. The van der Waals surface area contributed by atoms with Gasteiger partial charge in [0, 0.05) is 10.2 Å². The highest BCUT2D eigenvalue weighted by molar-refractivity contribution is 9.10. The Hall–Kier alpha value is -1.03. The van der Waals surface area contributed by atoms with E-state index in [0.717, 1.165) is 5.56 Å². The minimum Gasteiger partial charge on any atom is -0.465 e. The van der Waals surface area contributed by atoms with Crippen LogP contribution in [-0.4, -0.2) is 13.1 Å². The Kier molecular flexibility index (Phi) is 2.93. The zero-order valence-corrected chi connectivity index (χ0v) is 9.01. The van der Waals surface area contributed by atoms with Crippen LogP contribution in [0.5, 0.6) is 0 Å². The number of ether oxygens (including phenoxy) is 1. The number of rotatable bonds is 1. The van der Waals surface area contributed by atoms with E-state index in [-0.39, 0.29) is 5.97 Å². The highest BCUT2D eigenvalue weighted by Crippen LogP contribution is 2.24. The molecule has 0 atom stereocenters. The molecule has 2 N–H and O–H groups in total. The van der Waals surface area contributed by atoms with Gasteiger partial charge in [0.15, 0.2) is 0 Å². The van der Waals surface area contributed by atoms with Crippen LogP contribution < -0.4 is 5.73 Å². The average molecular weight is 244 g/mol. The third-order valence-corrected chi connectivity index (χ3v) is 2.41. The van der Waals surface area contributed by atoms with E-state index >= 15 is 0 Å². The molecule has 0 bridgehead atoms. The first-order valence-electron chi connectivity index (χ1n) is 3.70. The molecular weight excluding hydrogens is 234 g/mol. The first kappa shape index (κ1) is 10.1. The van der Waals surface area contributed by atoms with E-state index < -0.39 is 0 Å². The summed E-state index contributed by atoms with van der Waals surface area (Å²) in [4.78, 5) is 11.1. The summed E-state index contributed by atoms with van der Waals surface area (Å²) in [5, 5.41) is 0. The van der Waals surface area contributed by atoms with Gasteiger partial charge in [-0.3, -0.25) is 0 Å². The summed E-state index contributed by atoms with van der Waals surface area (Å²) in [6, 6.07) is 3.35. The molecule has 0 spiro atoms. The van der Waals surface area contributed by atoms with Crippen molar-refractivity contribution in [2.24, 2.45) is 0 Å². The summed E-state index contributed by atoms with van der Waals surface area (Å²) >= 11 is 3.26. The zero-order chi connectivity index (χ0) is 10.0. The Labute approximate surface area is 85.0 Å². The van der Waals surface area contributed by atoms with Gasteiger partial charge >= 0.3 is 5.97 Å². The highest BCUT2D eigenvalue weighted by atomic mass is 79.9. The van der Waals surface area contributed by atoms with Crippen LogP contribution >= 0.6 is 15.9 Å². The van der Waals surface area contributed by atoms with Gasteiger partial charge in [-0.1, -0.05) is 0 Å². The van der Waals surface area contributed by atoms with Gasteiger partial charge in [-0.05, 0) is 40.5 Å². The van der Waals surface area contributed by atoms with E-state index in [2.05, 4.69) is 20.7 Å². The Morgan fingerprint density at radius 2 is 2.15 bits per heavy atom. The summed E-state index contributed by atoms with van der Waals surface area (Å²) in [6.45, 7) is 1.84. The lowest BCUT2D eigenvalue weighted by Crippen LogP contribution is -2.03. The Morgan fingerprint density at radius 1 is 1.54 bits per heavy atom. The summed E-state index contributed by atoms with van der Waals surface area (Å²) in [5.74, 6) is -0.358. The number of aryl methyl sites for hydroxylation is 1. The molecule has 0 fully saturated rings. The molecule has 0 aliphatic heterocycles. The number of esters is 1. The summed E-state index contributed by atoms with van der Waals surface area (Å²) < 4.78 is 5.30. The van der Waals surface area contributed by atoms with Gasteiger partial charge in [0.2, 0.25) is 0 Å². The molecule has 1 aromatic carbocycles. The van der Waals surface area contributed by atoms with Crippen LogP contribution in [0.25, 0.3) is 0 Å². The minimum atomic E-state index is -0.358. The maximum atomic E-state index is 11.1. The fourth-order valence-electron chi connectivity index (χ4n) is 0.991. The third kappa shape index (κ3) is 2.01. The monoisotopic (exact) mass is 243 g/mol. The predicted octanol–water partition coefficient (Wildman–Crippen LogP) is 2.13. The second-order valence-electron chi connectivity index (χ2n) is 2.68. The topological polar surface area (TPSA) is 52.3 Å². The first-order chi connectivity index (χ1) is 6.06. The van der Waals surface area contributed by atoms with Gasteiger partial charge < -0.3 is 10.5 Å². The molecule has 0 aliphatic rings. The number of hydrogen-bond acceptors (Lipinski definition) is 3. The number of methoxy groups -OCH3 is 1. The number of halogens is 1. The molecular formula is C9H10BrNO2. The van der Waals surface area contributed by atoms with Crippen LogP contribution in [0.1, 0.15) is 15.9 Å². The average Bonchev–Trinajstić information content (AvgIpc) is 2.12. The molecule has 0 aromatic heterocycles. The van der Waals surface area contributed by atoms with E-state index in [1.807, 2.05) is 6.92 Å². The van der Waals surface area contributed by atoms with E-state index in [1.54, 1.807) is 12.1 Å². The highest BCUT2D eigenvalue weighted by Gasteiger charge is 2.09. The summed E-state index contributed by atoms with van der Waals surface area (Å²) in [5.41, 5.74) is 7.70. The Bertz CT molecular complexity index is 326. The number of hydrogen-bond donors (Lipinski definition) is 1.